The highest BCUT2D eigenvalue weighted by Gasteiger charge is 2.40. The van der Waals surface area contributed by atoms with Gasteiger partial charge in [0.15, 0.2) is 0 Å². The first-order valence-corrected chi connectivity index (χ1v) is 6.00. The van der Waals surface area contributed by atoms with E-state index in [2.05, 4.69) is 0 Å². The molecule has 0 rings (SSSR count). The van der Waals surface area contributed by atoms with Gasteiger partial charge in [-0.1, -0.05) is 25.0 Å². The summed E-state index contributed by atoms with van der Waals surface area (Å²) in [5, 5.41) is 10.2. The van der Waals surface area contributed by atoms with Crippen LogP contribution in [0.15, 0.2) is 12.2 Å². The zero-order chi connectivity index (χ0) is 14.9. The fraction of sp³-hybridized carbons (Fsp3) is 0.667. The van der Waals surface area contributed by atoms with Crippen LogP contribution in [0.1, 0.15) is 39.0 Å². The normalized spacial score (nSPS) is 13.5. The molecule has 110 valence electrons. The molecule has 0 radical (unpaired) electrons. The van der Waals surface area contributed by atoms with E-state index >= 15 is 0 Å². The number of rotatable bonds is 8. The van der Waals surface area contributed by atoms with E-state index in [0.717, 1.165) is 12.8 Å². The van der Waals surface area contributed by atoms with E-state index in [4.69, 9.17) is 5.11 Å². The van der Waals surface area contributed by atoms with E-state index in [1.165, 1.54) is 5.32 Å². The summed E-state index contributed by atoms with van der Waals surface area (Å²) in [6, 6.07) is -1.49. The van der Waals surface area contributed by atoms with E-state index in [9.17, 15) is 22.8 Å². The number of allylic oxidation sites excluding steroid dienone is 2. The molecule has 0 saturated heterocycles. The highest BCUT2D eigenvalue weighted by molar-refractivity contribution is 5.86. The van der Waals surface area contributed by atoms with Gasteiger partial charge in [-0.3, -0.25) is 4.79 Å². The van der Waals surface area contributed by atoms with E-state index in [1.54, 1.807) is 0 Å². The van der Waals surface area contributed by atoms with Crippen molar-refractivity contribution in [2.45, 2.75) is 51.2 Å². The number of nitrogens with one attached hydrogen (secondary N) is 1. The number of hydrogen-bond acceptors (Lipinski definition) is 2. The van der Waals surface area contributed by atoms with E-state index < -0.39 is 24.1 Å². The van der Waals surface area contributed by atoms with E-state index in [0.29, 0.717) is 12.8 Å². The van der Waals surface area contributed by atoms with Gasteiger partial charge in [-0.2, -0.15) is 13.2 Å². The van der Waals surface area contributed by atoms with Gasteiger partial charge >= 0.3 is 18.1 Å². The second-order valence-electron chi connectivity index (χ2n) is 4.07. The molecule has 0 aromatic heterocycles. The Morgan fingerprint density at radius 2 is 1.89 bits per heavy atom. The Kier molecular flexibility index (Phi) is 7.86. The molecule has 0 bridgehead atoms. The van der Waals surface area contributed by atoms with Gasteiger partial charge < -0.3 is 10.4 Å². The molecule has 4 nitrogen and oxygen atoms in total. The van der Waals surface area contributed by atoms with Crippen molar-refractivity contribution < 1.29 is 27.9 Å². The lowest BCUT2D eigenvalue weighted by Gasteiger charge is -2.15. The molecule has 19 heavy (non-hydrogen) atoms. The van der Waals surface area contributed by atoms with Crippen LogP contribution in [0.25, 0.3) is 0 Å². The minimum Gasteiger partial charge on any atom is -0.480 e. The lowest BCUT2D eigenvalue weighted by molar-refractivity contribution is -0.175. The Labute approximate surface area is 109 Å². The minimum absolute atomic E-state index is 0.00695. The molecular weight excluding hydrogens is 263 g/mol. The number of amides is 1. The molecule has 2 N–H and O–H groups in total. The van der Waals surface area contributed by atoms with Gasteiger partial charge in [0.1, 0.15) is 6.04 Å². The van der Waals surface area contributed by atoms with Gasteiger partial charge in [0.05, 0.1) is 0 Å². The van der Waals surface area contributed by atoms with Crippen molar-refractivity contribution in [2.24, 2.45) is 0 Å². The van der Waals surface area contributed by atoms with Gasteiger partial charge in [-0.25, -0.2) is 4.79 Å². The Morgan fingerprint density at radius 3 is 2.37 bits per heavy atom. The van der Waals surface area contributed by atoms with Gasteiger partial charge in [0, 0.05) is 0 Å². The van der Waals surface area contributed by atoms with Crippen LogP contribution in [-0.2, 0) is 9.59 Å². The Bertz CT molecular complexity index is 327. The maximum absolute atomic E-state index is 12.0. The van der Waals surface area contributed by atoms with Crippen LogP contribution < -0.4 is 5.32 Å². The average molecular weight is 281 g/mol. The quantitative estimate of drug-likeness (QED) is 0.531. The molecule has 0 aliphatic heterocycles. The van der Waals surface area contributed by atoms with Crippen molar-refractivity contribution in [2.75, 3.05) is 0 Å². The van der Waals surface area contributed by atoms with Crippen LogP contribution in [0.4, 0.5) is 13.2 Å². The molecule has 1 atom stereocenters. The van der Waals surface area contributed by atoms with Gasteiger partial charge in [0.25, 0.3) is 0 Å². The molecule has 0 heterocycles. The minimum atomic E-state index is -5.06. The molecule has 0 unspecified atom stereocenters. The summed E-state index contributed by atoms with van der Waals surface area (Å²) in [6.45, 7) is 1.88. The Hall–Kier alpha value is -1.53. The maximum Gasteiger partial charge on any atom is 0.471 e. The molecule has 7 heteroatoms. The lowest BCUT2D eigenvalue weighted by atomic mass is 10.1. The molecule has 0 spiro atoms. The SMILES string of the molecule is C/C=C\CCCCC[C@H](NC(=O)C(F)(F)F)C(=O)O. The Morgan fingerprint density at radius 1 is 1.26 bits per heavy atom. The van der Waals surface area contributed by atoms with E-state index in [1.807, 2.05) is 19.1 Å². The van der Waals surface area contributed by atoms with Crippen LogP contribution >= 0.6 is 0 Å². The second kappa shape index (κ2) is 8.55. The number of carboxylic acid groups (broad SMARTS) is 1. The third-order valence-electron chi connectivity index (χ3n) is 2.46. The molecular formula is C12H18F3NO3. The highest BCUT2D eigenvalue weighted by Crippen LogP contribution is 2.15. The van der Waals surface area contributed by atoms with Crippen molar-refractivity contribution in [3.63, 3.8) is 0 Å². The van der Waals surface area contributed by atoms with Crippen LogP contribution in [0.5, 0.6) is 0 Å². The van der Waals surface area contributed by atoms with Crippen molar-refractivity contribution >= 4 is 11.9 Å². The third kappa shape index (κ3) is 8.23. The predicted molar refractivity (Wildman–Crippen MR) is 63.5 cm³/mol. The zero-order valence-electron chi connectivity index (χ0n) is 10.7. The average Bonchev–Trinajstić information content (AvgIpc) is 2.30. The van der Waals surface area contributed by atoms with Gasteiger partial charge in [-0.05, 0) is 26.2 Å². The van der Waals surface area contributed by atoms with Crippen LogP contribution in [0.3, 0.4) is 0 Å². The number of alkyl halides is 3. The van der Waals surface area contributed by atoms with Crippen molar-refractivity contribution in [3.05, 3.63) is 12.2 Å². The number of carbonyl (C=O) groups is 2. The monoisotopic (exact) mass is 281 g/mol. The van der Waals surface area contributed by atoms with E-state index in [-0.39, 0.29) is 6.42 Å². The van der Waals surface area contributed by atoms with Crippen LogP contribution in [0, 0.1) is 0 Å². The molecule has 0 aliphatic carbocycles. The maximum atomic E-state index is 12.0. The lowest BCUT2D eigenvalue weighted by Crippen LogP contribution is -2.46. The molecule has 1 amide bonds. The summed E-state index contributed by atoms with van der Waals surface area (Å²) in [5.41, 5.74) is 0. The first kappa shape index (κ1) is 17.5. The number of carboxylic acids is 1. The van der Waals surface area contributed by atoms with Crippen molar-refractivity contribution in [1.82, 2.24) is 5.32 Å². The highest BCUT2D eigenvalue weighted by atomic mass is 19.4. The van der Waals surface area contributed by atoms with Crippen molar-refractivity contribution in [3.8, 4) is 0 Å². The summed E-state index contributed by atoms with van der Waals surface area (Å²) >= 11 is 0. The van der Waals surface area contributed by atoms with Crippen LogP contribution in [0.2, 0.25) is 0 Å². The first-order chi connectivity index (χ1) is 8.79. The number of carbonyl (C=O) groups excluding carboxylic acids is 1. The first-order valence-electron chi connectivity index (χ1n) is 6.00. The fourth-order valence-electron chi connectivity index (χ4n) is 1.45. The smallest absolute Gasteiger partial charge is 0.471 e. The molecule has 0 aromatic carbocycles. The zero-order valence-corrected chi connectivity index (χ0v) is 10.7. The summed E-state index contributed by atoms with van der Waals surface area (Å²) in [5.74, 6) is -3.67. The largest absolute Gasteiger partial charge is 0.480 e. The topological polar surface area (TPSA) is 66.4 Å². The van der Waals surface area contributed by atoms with Gasteiger partial charge in [0.2, 0.25) is 0 Å². The predicted octanol–water partition coefficient (Wildman–Crippen LogP) is 2.64. The number of hydrogen-bond donors (Lipinski definition) is 2. The fourth-order valence-corrected chi connectivity index (χ4v) is 1.45. The summed E-state index contributed by atoms with van der Waals surface area (Å²) in [4.78, 5) is 21.4. The standard InChI is InChI=1S/C12H18F3NO3/c1-2-3-4-5-6-7-8-9(10(17)18)16-11(19)12(13,14)15/h2-3,9H,4-8H2,1H3,(H,16,19)(H,17,18)/b3-2-/t9-/m0/s1. The Balaban J connectivity index is 4.07. The molecule has 0 saturated carbocycles. The van der Waals surface area contributed by atoms with Gasteiger partial charge in [-0.15, -0.1) is 0 Å². The molecule has 0 aromatic rings. The summed E-state index contributed by atoms with van der Waals surface area (Å²) < 4.78 is 36.0. The number of halogens is 3. The van der Waals surface area contributed by atoms with Crippen molar-refractivity contribution in [1.29, 1.82) is 0 Å². The molecule has 0 fully saturated rings. The number of aliphatic carboxylic acids is 1. The number of unbranched alkanes of at least 4 members (excludes halogenated alkanes) is 3. The molecule has 0 aliphatic rings. The summed E-state index contributed by atoms with van der Waals surface area (Å²) in [6.07, 6.45) is 1.63. The second-order valence-corrected chi connectivity index (χ2v) is 4.07. The summed E-state index contributed by atoms with van der Waals surface area (Å²) in [7, 11) is 0. The third-order valence-corrected chi connectivity index (χ3v) is 2.46. The van der Waals surface area contributed by atoms with Crippen LogP contribution in [-0.4, -0.2) is 29.2 Å².